The van der Waals surface area contributed by atoms with E-state index in [9.17, 15) is 5.11 Å². The zero-order chi connectivity index (χ0) is 17.6. The van der Waals surface area contributed by atoms with Gasteiger partial charge in [0.1, 0.15) is 0 Å². The van der Waals surface area contributed by atoms with Crippen molar-refractivity contribution in [3.63, 3.8) is 0 Å². The number of benzene rings is 1. The van der Waals surface area contributed by atoms with Crippen LogP contribution in [0.2, 0.25) is 0 Å². The number of aryl methyl sites for hydroxylation is 2. The second kappa shape index (κ2) is 8.57. The third-order valence-corrected chi connectivity index (χ3v) is 5.47. The van der Waals surface area contributed by atoms with Gasteiger partial charge in [0, 0.05) is 10.6 Å². The van der Waals surface area contributed by atoms with Crippen LogP contribution in [0.25, 0.3) is 5.69 Å². The average molecular weight is 377 g/mol. The molecule has 1 aromatic carbocycles. The number of nitrogens with zero attached hydrogens (tertiary/aromatic N) is 4. The third-order valence-electron chi connectivity index (χ3n) is 3.56. The number of aliphatic hydroxyl groups is 1. The summed E-state index contributed by atoms with van der Waals surface area (Å²) in [5.74, 6) is 0.468. The number of thioether (sulfide) groups is 1. The molecule has 2 aromatic heterocycles. The van der Waals surface area contributed by atoms with Crippen molar-refractivity contribution in [1.82, 2.24) is 20.2 Å². The SMILES string of the molecule is Cc1ccc(-n2nnnc2SC[C@H](O)COCc2cccs2)c(C)c1. The van der Waals surface area contributed by atoms with E-state index in [2.05, 4.69) is 28.5 Å². The molecular weight excluding hydrogens is 356 g/mol. The molecular formula is C17H20N4O2S2. The Morgan fingerprint density at radius 1 is 1.32 bits per heavy atom. The predicted octanol–water partition coefficient (Wildman–Crippen LogP) is 3.01. The smallest absolute Gasteiger partial charge is 0.214 e. The van der Waals surface area contributed by atoms with E-state index < -0.39 is 6.10 Å². The van der Waals surface area contributed by atoms with E-state index in [1.54, 1.807) is 16.0 Å². The fraction of sp³-hybridized carbons (Fsp3) is 0.353. The molecule has 1 atom stereocenters. The van der Waals surface area contributed by atoms with Gasteiger partial charge in [0.2, 0.25) is 5.16 Å². The summed E-state index contributed by atoms with van der Waals surface area (Å²) in [5.41, 5.74) is 3.25. The molecule has 2 heterocycles. The first-order chi connectivity index (χ1) is 12.1. The van der Waals surface area contributed by atoms with Crippen molar-refractivity contribution in [2.45, 2.75) is 31.7 Å². The van der Waals surface area contributed by atoms with E-state index in [4.69, 9.17) is 4.74 Å². The minimum absolute atomic E-state index is 0.288. The lowest BCUT2D eigenvalue weighted by atomic mass is 10.1. The van der Waals surface area contributed by atoms with Crippen LogP contribution in [0, 0.1) is 13.8 Å². The Morgan fingerprint density at radius 2 is 2.20 bits per heavy atom. The van der Waals surface area contributed by atoms with Crippen LogP contribution in [0.15, 0.2) is 40.9 Å². The van der Waals surface area contributed by atoms with Crippen molar-refractivity contribution < 1.29 is 9.84 Å². The van der Waals surface area contributed by atoms with Gasteiger partial charge in [-0.05, 0) is 47.4 Å². The van der Waals surface area contributed by atoms with Crippen molar-refractivity contribution in [3.05, 3.63) is 51.7 Å². The highest BCUT2D eigenvalue weighted by Crippen LogP contribution is 2.22. The minimum Gasteiger partial charge on any atom is -0.390 e. The Kier molecular flexibility index (Phi) is 6.19. The first kappa shape index (κ1) is 18.1. The van der Waals surface area contributed by atoms with E-state index in [-0.39, 0.29) is 6.61 Å². The molecule has 0 unspecified atom stereocenters. The molecule has 0 spiro atoms. The number of rotatable bonds is 8. The molecule has 0 fully saturated rings. The maximum absolute atomic E-state index is 10.1. The van der Waals surface area contributed by atoms with Crippen LogP contribution in [-0.2, 0) is 11.3 Å². The average Bonchev–Trinajstić information content (AvgIpc) is 3.24. The van der Waals surface area contributed by atoms with Crippen molar-refractivity contribution in [2.75, 3.05) is 12.4 Å². The summed E-state index contributed by atoms with van der Waals surface area (Å²) in [6.45, 7) is 4.90. The van der Waals surface area contributed by atoms with Crippen LogP contribution in [-0.4, -0.2) is 43.8 Å². The number of ether oxygens (including phenoxy) is 1. The van der Waals surface area contributed by atoms with E-state index in [1.165, 1.54) is 17.3 Å². The van der Waals surface area contributed by atoms with Gasteiger partial charge in [-0.2, -0.15) is 4.68 Å². The second-order valence-corrected chi connectivity index (χ2v) is 7.74. The topological polar surface area (TPSA) is 73.1 Å². The number of aliphatic hydroxyl groups excluding tert-OH is 1. The third kappa shape index (κ3) is 4.88. The molecule has 0 amide bonds. The summed E-state index contributed by atoms with van der Waals surface area (Å²) in [7, 11) is 0. The van der Waals surface area contributed by atoms with Gasteiger partial charge in [-0.25, -0.2) is 0 Å². The molecule has 3 aromatic rings. The van der Waals surface area contributed by atoms with Crippen LogP contribution < -0.4 is 0 Å². The molecule has 0 aliphatic carbocycles. The monoisotopic (exact) mass is 376 g/mol. The van der Waals surface area contributed by atoms with Crippen molar-refractivity contribution >= 4 is 23.1 Å². The summed E-state index contributed by atoms with van der Waals surface area (Å²) in [6, 6.07) is 10.1. The molecule has 6 nitrogen and oxygen atoms in total. The Morgan fingerprint density at radius 3 is 2.96 bits per heavy atom. The lowest BCUT2D eigenvalue weighted by Crippen LogP contribution is -2.18. The highest BCUT2D eigenvalue weighted by atomic mass is 32.2. The van der Waals surface area contributed by atoms with E-state index >= 15 is 0 Å². The maximum atomic E-state index is 10.1. The van der Waals surface area contributed by atoms with Crippen LogP contribution in [0.1, 0.15) is 16.0 Å². The summed E-state index contributed by atoms with van der Waals surface area (Å²) in [4.78, 5) is 1.15. The van der Waals surface area contributed by atoms with Gasteiger partial charge in [-0.15, -0.1) is 16.4 Å². The van der Waals surface area contributed by atoms with E-state index in [0.717, 1.165) is 16.1 Å². The molecule has 25 heavy (non-hydrogen) atoms. The Labute approximate surface area is 154 Å². The van der Waals surface area contributed by atoms with Crippen molar-refractivity contribution in [1.29, 1.82) is 0 Å². The van der Waals surface area contributed by atoms with E-state index in [0.29, 0.717) is 17.5 Å². The van der Waals surface area contributed by atoms with Crippen molar-refractivity contribution in [2.24, 2.45) is 0 Å². The molecule has 0 saturated carbocycles. The molecule has 0 aliphatic heterocycles. The fourth-order valence-electron chi connectivity index (χ4n) is 2.37. The first-order valence-electron chi connectivity index (χ1n) is 7.90. The number of thiophene rings is 1. The molecule has 0 aliphatic rings. The summed E-state index contributed by atoms with van der Waals surface area (Å²) in [5, 5.41) is 24.7. The van der Waals surface area contributed by atoms with Crippen molar-refractivity contribution in [3.8, 4) is 5.69 Å². The second-order valence-electron chi connectivity index (χ2n) is 5.72. The van der Waals surface area contributed by atoms with Crippen LogP contribution in [0.3, 0.4) is 0 Å². The van der Waals surface area contributed by atoms with Crippen LogP contribution in [0.4, 0.5) is 0 Å². The van der Waals surface area contributed by atoms with Gasteiger partial charge >= 0.3 is 0 Å². The zero-order valence-corrected chi connectivity index (χ0v) is 15.8. The predicted molar refractivity (Wildman–Crippen MR) is 99.3 cm³/mol. The van der Waals surface area contributed by atoms with Gasteiger partial charge in [0.15, 0.2) is 0 Å². The normalized spacial score (nSPS) is 12.4. The summed E-state index contributed by atoms with van der Waals surface area (Å²) >= 11 is 3.06. The van der Waals surface area contributed by atoms with Gasteiger partial charge in [0.25, 0.3) is 0 Å². The Bertz CT molecular complexity index is 805. The minimum atomic E-state index is -0.575. The van der Waals surface area contributed by atoms with Gasteiger partial charge in [0.05, 0.1) is 25.0 Å². The Balaban J connectivity index is 1.54. The number of tetrazole rings is 1. The lowest BCUT2D eigenvalue weighted by molar-refractivity contribution is 0.0409. The van der Waals surface area contributed by atoms with Crippen LogP contribution in [0.5, 0.6) is 0 Å². The molecule has 0 saturated heterocycles. The number of hydrogen-bond donors (Lipinski definition) is 1. The fourth-order valence-corrected chi connectivity index (χ4v) is 3.80. The summed E-state index contributed by atoms with van der Waals surface area (Å²) in [6.07, 6.45) is -0.575. The summed E-state index contributed by atoms with van der Waals surface area (Å²) < 4.78 is 7.25. The quantitative estimate of drug-likeness (QED) is 0.609. The van der Waals surface area contributed by atoms with Crippen LogP contribution >= 0.6 is 23.1 Å². The molecule has 1 N–H and O–H groups in total. The molecule has 8 heteroatoms. The number of aromatic nitrogens is 4. The lowest BCUT2D eigenvalue weighted by Gasteiger charge is -2.11. The molecule has 3 rings (SSSR count). The maximum Gasteiger partial charge on any atom is 0.214 e. The highest BCUT2D eigenvalue weighted by Gasteiger charge is 2.14. The molecule has 0 bridgehead atoms. The first-order valence-corrected chi connectivity index (χ1v) is 9.77. The zero-order valence-electron chi connectivity index (χ0n) is 14.1. The highest BCUT2D eigenvalue weighted by molar-refractivity contribution is 7.99. The largest absolute Gasteiger partial charge is 0.390 e. The molecule has 132 valence electrons. The molecule has 0 radical (unpaired) electrons. The van der Waals surface area contributed by atoms with Gasteiger partial charge < -0.3 is 9.84 Å². The number of hydrogen-bond acceptors (Lipinski definition) is 7. The van der Waals surface area contributed by atoms with Gasteiger partial charge in [-0.3, -0.25) is 0 Å². The Hall–Kier alpha value is -1.74. The van der Waals surface area contributed by atoms with E-state index in [1.807, 2.05) is 36.6 Å². The standard InChI is InChI=1S/C17H20N4O2S2/c1-12-5-6-16(13(2)8-12)21-17(18-19-20-21)25-11-14(22)9-23-10-15-4-3-7-24-15/h3-8,14,22H,9-11H2,1-2H3/t14-/m1/s1. The van der Waals surface area contributed by atoms with Gasteiger partial charge in [-0.1, -0.05) is 35.5 Å².